The molecule has 1 N–H and O–H groups in total. The van der Waals surface area contributed by atoms with E-state index in [1.54, 1.807) is 6.26 Å². The number of hydrogen-bond donors (Lipinski definition) is 1. The first-order valence-corrected chi connectivity index (χ1v) is 6.22. The molecule has 1 atom stereocenters. The van der Waals surface area contributed by atoms with Crippen LogP contribution in [0.5, 0.6) is 0 Å². The van der Waals surface area contributed by atoms with Gasteiger partial charge < -0.3 is 14.5 Å². The zero-order chi connectivity index (χ0) is 11.2. The lowest BCUT2D eigenvalue weighted by Crippen LogP contribution is -2.19. The molecule has 1 aromatic rings. The van der Waals surface area contributed by atoms with Crippen molar-refractivity contribution in [3.05, 3.63) is 24.2 Å². The molecule has 1 aliphatic carbocycles. The minimum absolute atomic E-state index is 0.311. The predicted molar refractivity (Wildman–Crippen MR) is 63.2 cm³/mol. The lowest BCUT2D eigenvalue weighted by atomic mass is 10.2. The van der Waals surface area contributed by atoms with Gasteiger partial charge in [0.2, 0.25) is 0 Å². The molecule has 1 fully saturated rings. The van der Waals surface area contributed by atoms with Crippen molar-refractivity contribution in [3.63, 3.8) is 0 Å². The van der Waals surface area contributed by atoms with E-state index in [2.05, 4.69) is 12.2 Å². The van der Waals surface area contributed by atoms with Gasteiger partial charge in [0.25, 0.3) is 0 Å². The van der Waals surface area contributed by atoms with E-state index in [9.17, 15) is 0 Å². The smallest absolute Gasteiger partial charge is 0.129 e. The van der Waals surface area contributed by atoms with Crippen LogP contribution in [0, 0.1) is 0 Å². The molecule has 90 valence electrons. The number of hydrogen-bond acceptors (Lipinski definition) is 3. The van der Waals surface area contributed by atoms with E-state index in [1.807, 2.05) is 12.1 Å². The highest BCUT2D eigenvalue weighted by Crippen LogP contribution is 2.18. The fourth-order valence-electron chi connectivity index (χ4n) is 1.69. The third kappa shape index (κ3) is 4.37. The highest BCUT2D eigenvalue weighted by molar-refractivity contribution is 4.96. The summed E-state index contributed by atoms with van der Waals surface area (Å²) in [5.74, 6) is 0.906. The molecule has 0 spiro atoms. The Bertz CT molecular complexity index is 280. The first kappa shape index (κ1) is 11.7. The van der Waals surface area contributed by atoms with Crippen molar-refractivity contribution in [1.82, 2.24) is 5.32 Å². The standard InChI is InChI=1S/C13H21NO2/c1-11(4-2-8-14-12-6-7-12)16-10-13-5-3-9-15-13/h3,5,9,11-12,14H,2,4,6-8,10H2,1H3. The second-order valence-corrected chi connectivity index (χ2v) is 4.57. The lowest BCUT2D eigenvalue weighted by molar-refractivity contribution is 0.0365. The SMILES string of the molecule is CC(CCCNC1CC1)OCc1ccco1. The van der Waals surface area contributed by atoms with Crippen LogP contribution in [0.1, 0.15) is 38.4 Å². The largest absolute Gasteiger partial charge is 0.467 e. The summed E-state index contributed by atoms with van der Waals surface area (Å²) in [6.07, 6.45) is 7.03. The van der Waals surface area contributed by atoms with E-state index in [0.29, 0.717) is 12.7 Å². The second kappa shape index (κ2) is 6.06. The molecular weight excluding hydrogens is 202 g/mol. The van der Waals surface area contributed by atoms with Crippen molar-refractivity contribution in [1.29, 1.82) is 0 Å². The molecule has 1 unspecified atom stereocenters. The van der Waals surface area contributed by atoms with Crippen LogP contribution in [0.4, 0.5) is 0 Å². The van der Waals surface area contributed by atoms with Gasteiger partial charge in [0.05, 0.1) is 12.4 Å². The van der Waals surface area contributed by atoms with Gasteiger partial charge in [-0.05, 0) is 51.3 Å². The Morgan fingerprint density at radius 3 is 3.12 bits per heavy atom. The van der Waals surface area contributed by atoms with Crippen LogP contribution in [0.25, 0.3) is 0 Å². The van der Waals surface area contributed by atoms with Crippen LogP contribution in [0.15, 0.2) is 22.8 Å². The van der Waals surface area contributed by atoms with Crippen LogP contribution in [0.2, 0.25) is 0 Å². The van der Waals surface area contributed by atoms with Gasteiger partial charge >= 0.3 is 0 Å². The maximum absolute atomic E-state index is 5.69. The number of rotatable bonds is 8. The summed E-state index contributed by atoms with van der Waals surface area (Å²) in [5.41, 5.74) is 0. The van der Waals surface area contributed by atoms with Crippen LogP contribution < -0.4 is 5.32 Å². The number of ether oxygens (including phenoxy) is 1. The molecule has 1 saturated carbocycles. The normalized spacial score (nSPS) is 17.6. The fraction of sp³-hybridized carbons (Fsp3) is 0.692. The zero-order valence-electron chi connectivity index (χ0n) is 9.95. The minimum atomic E-state index is 0.311. The van der Waals surface area contributed by atoms with Crippen molar-refractivity contribution in [3.8, 4) is 0 Å². The molecule has 0 aromatic carbocycles. The number of nitrogens with one attached hydrogen (secondary N) is 1. The molecule has 1 aliphatic rings. The third-order valence-electron chi connectivity index (χ3n) is 2.89. The van der Waals surface area contributed by atoms with E-state index < -0.39 is 0 Å². The molecule has 3 heteroatoms. The van der Waals surface area contributed by atoms with Crippen molar-refractivity contribution in [2.24, 2.45) is 0 Å². The van der Waals surface area contributed by atoms with Gasteiger partial charge in [-0.1, -0.05) is 0 Å². The molecule has 0 bridgehead atoms. The average Bonchev–Trinajstić information content (AvgIpc) is 2.96. The van der Waals surface area contributed by atoms with Crippen molar-refractivity contribution < 1.29 is 9.15 Å². The number of furan rings is 1. The Balaban J connectivity index is 1.48. The van der Waals surface area contributed by atoms with E-state index in [-0.39, 0.29) is 0 Å². The highest BCUT2D eigenvalue weighted by atomic mass is 16.5. The molecule has 1 heterocycles. The highest BCUT2D eigenvalue weighted by Gasteiger charge is 2.19. The van der Waals surface area contributed by atoms with E-state index in [0.717, 1.165) is 24.8 Å². The fourth-order valence-corrected chi connectivity index (χ4v) is 1.69. The molecule has 2 rings (SSSR count). The van der Waals surface area contributed by atoms with Crippen molar-refractivity contribution in [2.75, 3.05) is 6.54 Å². The summed E-state index contributed by atoms with van der Waals surface area (Å²) in [7, 11) is 0. The van der Waals surface area contributed by atoms with Gasteiger partial charge in [-0.3, -0.25) is 0 Å². The Labute approximate surface area is 97.2 Å². The van der Waals surface area contributed by atoms with Crippen molar-refractivity contribution in [2.45, 2.75) is 51.4 Å². The molecule has 16 heavy (non-hydrogen) atoms. The Hall–Kier alpha value is -0.800. The summed E-state index contributed by atoms with van der Waals surface area (Å²) in [4.78, 5) is 0. The second-order valence-electron chi connectivity index (χ2n) is 4.57. The molecule has 3 nitrogen and oxygen atoms in total. The van der Waals surface area contributed by atoms with Crippen LogP contribution >= 0.6 is 0 Å². The van der Waals surface area contributed by atoms with E-state index >= 15 is 0 Å². The van der Waals surface area contributed by atoms with Gasteiger partial charge in [0.15, 0.2) is 0 Å². The van der Waals surface area contributed by atoms with Crippen LogP contribution in [-0.4, -0.2) is 18.7 Å². The quantitative estimate of drug-likeness (QED) is 0.688. The maximum Gasteiger partial charge on any atom is 0.129 e. The van der Waals surface area contributed by atoms with Gasteiger partial charge in [0.1, 0.15) is 12.4 Å². The Morgan fingerprint density at radius 1 is 1.56 bits per heavy atom. The van der Waals surface area contributed by atoms with Crippen molar-refractivity contribution >= 4 is 0 Å². The summed E-state index contributed by atoms with van der Waals surface area (Å²) >= 11 is 0. The minimum Gasteiger partial charge on any atom is -0.467 e. The maximum atomic E-state index is 5.69. The van der Waals surface area contributed by atoms with E-state index in [1.165, 1.54) is 19.3 Å². The Kier molecular flexibility index (Phi) is 4.43. The summed E-state index contributed by atoms with van der Waals surface area (Å²) in [6.45, 7) is 3.84. The molecule has 0 saturated heterocycles. The Morgan fingerprint density at radius 2 is 2.44 bits per heavy atom. The predicted octanol–water partition coefficient (Wildman–Crippen LogP) is 2.72. The van der Waals surface area contributed by atoms with Gasteiger partial charge in [0, 0.05) is 6.04 Å². The van der Waals surface area contributed by atoms with E-state index in [4.69, 9.17) is 9.15 Å². The van der Waals surface area contributed by atoms with Crippen LogP contribution in [0.3, 0.4) is 0 Å². The summed E-state index contributed by atoms with van der Waals surface area (Å²) < 4.78 is 10.9. The van der Waals surface area contributed by atoms with Gasteiger partial charge in [-0.25, -0.2) is 0 Å². The van der Waals surface area contributed by atoms with Gasteiger partial charge in [-0.15, -0.1) is 0 Å². The molecule has 0 radical (unpaired) electrons. The monoisotopic (exact) mass is 223 g/mol. The first-order chi connectivity index (χ1) is 7.84. The molecule has 1 aromatic heterocycles. The lowest BCUT2D eigenvalue weighted by Gasteiger charge is -2.12. The summed E-state index contributed by atoms with van der Waals surface area (Å²) in [6, 6.07) is 4.66. The molecule has 0 aliphatic heterocycles. The van der Waals surface area contributed by atoms with Gasteiger partial charge in [-0.2, -0.15) is 0 Å². The third-order valence-corrected chi connectivity index (χ3v) is 2.89. The molecule has 0 amide bonds. The zero-order valence-corrected chi connectivity index (χ0v) is 9.95. The first-order valence-electron chi connectivity index (χ1n) is 6.22. The van der Waals surface area contributed by atoms with Crippen LogP contribution in [-0.2, 0) is 11.3 Å². The topological polar surface area (TPSA) is 34.4 Å². The average molecular weight is 223 g/mol. The summed E-state index contributed by atoms with van der Waals surface area (Å²) in [5, 5.41) is 3.51. The molecular formula is C13H21NO2.